The van der Waals surface area contributed by atoms with Gasteiger partial charge < -0.3 is 9.47 Å². The van der Waals surface area contributed by atoms with E-state index in [2.05, 4.69) is 9.97 Å². The summed E-state index contributed by atoms with van der Waals surface area (Å²) in [6, 6.07) is 10.9. The molecule has 0 bridgehead atoms. The lowest BCUT2D eigenvalue weighted by molar-refractivity contribution is 0.276. The minimum atomic E-state index is -3.69. The van der Waals surface area contributed by atoms with E-state index in [1.54, 1.807) is 6.07 Å². The normalized spacial score (nSPS) is 11.3. The van der Waals surface area contributed by atoms with E-state index in [1.165, 1.54) is 0 Å². The van der Waals surface area contributed by atoms with Crippen molar-refractivity contribution in [3.63, 3.8) is 0 Å². The SMILES string of the molecule is CCOc1cc(OCC)nc(COS(=O)(=O)CCc2ccccc2)n1. The predicted molar refractivity (Wildman–Crippen MR) is 93.1 cm³/mol. The van der Waals surface area contributed by atoms with Crippen molar-refractivity contribution < 1.29 is 22.1 Å². The molecule has 2 aromatic rings. The summed E-state index contributed by atoms with van der Waals surface area (Å²) in [5.41, 5.74) is 0.933. The fourth-order valence-corrected chi connectivity index (χ4v) is 2.94. The van der Waals surface area contributed by atoms with E-state index in [9.17, 15) is 8.42 Å². The van der Waals surface area contributed by atoms with Crippen LogP contribution in [0.4, 0.5) is 0 Å². The number of aromatic nitrogens is 2. The second kappa shape index (κ2) is 9.33. The average Bonchev–Trinajstić information content (AvgIpc) is 2.60. The molecule has 8 heteroatoms. The summed E-state index contributed by atoms with van der Waals surface area (Å²) >= 11 is 0. The molecule has 7 nitrogen and oxygen atoms in total. The number of hydrogen-bond acceptors (Lipinski definition) is 7. The van der Waals surface area contributed by atoms with E-state index in [0.29, 0.717) is 31.4 Å². The van der Waals surface area contributed by atoms with Crippen LogP contribution >= 0.6 is 0 Å². The van der Waals surface area contributed by atoms with Crippen molar-refractivity contribution in [1.82, 2.24) is 9.97 Å². The van der Waals surface area contributed by atoms with Crippen LogP contribution in [0.15, 0.2) is 36.4 Å². The quantitative estimate of drug-likeness (QED) is 0.597. The molecule has 0 saturated carbocycles. The van der Waals surface area contributed by atoms with Crippen LogP contribution in [0, 0.1) is 0 Å². The van der Waals surface area contributed by atoms with Crippen molar-refractivity contribution in [2.24, 2.45) is 0 Å². The smallest absolute Gasteiger partial charge is 0.268 e. The summed E-state index contributed by atoms with van der Waals surface area (Å²) < 4.78 is 39.8. The van der Waals surface area contributed by atoms with Crippen molar-refractivity contribution in [1.29, 1.82) is 0 Å². The minimum Gasteiger partial charge on any atom is -0.478 e. The van der Waals surface area contributed by atoms with E-state index < -0.39 is 10.1 Å². The molecular weight excluding hydrogens is 344 g/mol. The number of rotatable bonds is 10. The third-order valence-corrected chi connectivity index (χ3v) is 4.34. The molecule has 1 aromatic carbocycles. The molecule has 0 N–H and O–H groups in total. The first kappa shape index (κ1) is 19.1. The number of aryl methyl sites for hydroxylation is 1. The second-order valence-corrected chi connectivity index (χ2v) is 6.85. The molecule has 136 valence electrons. The first-order valence-electron chi connectivity index (χ1n) is 8.07. The molecule has 0 atom stereocenters. The van der Waals surface area contributed by atoms with Crippen LogP contribution in [0.1, 0.15) is 25.2 Å². The molecule has 2 rings (SSSR count). The summed E-state index contributed by atoms with van der Waals surface area (Å²) in [4.78, 5) is 8.25. The van der Waals surface area contributed by atoms with Gasteiger partial charge in [0.1, 0.15) is 6.61 Å². The van der Waals surface area contributed by atoms with Gasteiger partial charge in [-0.25, -0.2) is 0 Å². The Balaban J connectivity index is 1.98. The van der Waals surface area contributed by atoms with Crippen LogP contribution < -0.4 is 9.47 Å². The Morgan fingerprint density at radius 3 is 2.12 bits per heavy atom. The third-order valence-electron chi connectivity index (χ3n) is 3.16. The molecule has 0 radical (unpaired) electrons. The zero-order valence-corrected chi connectivity index (χ0v) is 15.2. The maximum Gasteiger partial charge on any atom is 0.268 e. The topological polar surface area (TPSA) is 87.6 Å². The van der Waals surface area contributed by atoms with Gasteiger partial charge in [-0.1, -0.05) is 30.3 Å². The molecule has 1 aromatic heterocycles. The first-order valence-corrected chi connectivity index (χ1v) is 9.64. The van der Waals surface area contributed by atoms with Crippen LogP contribution in [0.25, 0.3) is 0 Å². The van der Waals surface area contributed by atoms with Gasteiger partial charge in [-0.2, -0.15) is 18.4 Å². The third kappa shape index (κ3) is 6.67. The number of hydrogen-bond donors (Lipinski definition) is 0. The summed E-state index contributed by atoms with van der Waals surface area (Å²) in [7, 11) is -3.69. The molecular formula is C17H22N2O5S. The lowest BCUT2D eigenvalue weighted by Gasteiger charge is -2.09. The largest absolute Gasteiger partial charge is 0.478 e. The van der Waals surface area contributed by atoms with E-state index in [4.69, 9.17) is 13.7 Å². The second-order valence-electron chi connectivity index (χ2n) is 5.09. The molecule has 0 aliphatic carbocycles. The standard InChI is InChI=1S/C17H22N2O5S/c1-3-22-16-12-17(23-4-2)19-15(18-16)13-24-25(20,21)11-10-14-8-6-5-7-9-14/h5-9,12H,3-4,10-11,13H2,1-2H3. The highest BCUT2D eigenvalue weighted by molar-refractivity contribution is 7.86. The molecule has 0 aliphatic rings. The number of nitrogens with zero attached hydrogens (tertiary/aromatic N) is 2. The highest BCUT2D eigenvalue weighted by Gasteiger charge is 2.14. The monoisotopic (exact) mass is 366 g/mol. The molecule has 0 unspecified atom stereocenters. The molecule has 25 heavy (non-hydrogen) atoms. The van der Waals surface area contributed by atoms with Crippen molar-refractivity contribution in [2.75, 3.05) is 19.0 Å². The molecule has 0 spiro atoms. The lowest BCUT2D eigenvalue weighted by atomic mass is 10.2. The van der Waals surface area contributed by atoms with Gasteiger partial charge in [-0.3, -0.25) is 4.18 Å². The van der Waals surface area contributed by atoms with Crippen molar-refractivity contribution in [2.45, 2.75) is 26.9 Å². The van der Waals surface area contributed by atoms with E-state index in [1.807, 2.05) is 44.2 Å². The fraction of sp³-hybridized carbons (Fsp3) is 0.412. The summed E-state index contributed by atoms with van der Waals surface area (Å²) in [6.07, 6.45) is 0.382. The van der Waals surface area contributed by atoms with Crippen LogP contribution in [0.3, 0.4) is 0 Å². The Morgan fingerprint density at radius 2 is 1.56 bits per heavy atom. The predicted octanol–water partition coefficient (Wildman–Crippen LogP) is 2.36. The van der Waals surface area contributed by atoms with Crippen molar-refractivity contribution >= 4 is 10.1 Å². The summed E-state index contributed by atoms with van der Waals surface area (Å²) in [6.45, 7) is 4.24. The molecule has 0 saturated heterocycles. The van der Waals surface area contributed by atoms with Gasteiger partial charge in [0.25, 0.3) is 10.1 Å². The van der Waals surface area contributed by atoms with Gasteiger partial charge >= 0.3 is 0 Å². The van der Waals surface area contributed by atoms with Gasteiger partial charge in [-0.15, -0.1) is 0 Å². The van der Waals surface area contributed by atoms with Crippen molar-refractivity contribution in [3.05, 3.63) is 47.8 Å². The molecule has 1 heterocycles. The van der Waals surface area contributed by atoms with Gasteiger partial charge in [0.05, 0.1) is 25.0 Å². The zero-order chi connectivity index (χ0) is 18.1. The average molecular weight is 366 g/mol. The van der Waals surface area contributed by atoms with Crippen molar-refractivity contribution in [3.8, 4) is 11.8 Å². The van der Waals surface area contributed by atoms with Gasteiger partial charge in [-0.05, 0) is 25.8 Å². The molecule has 0 aliphatic heterocycles. The highest BCUT2D eigenvalue weighted by atomic mass is 32.2. The molecule has 0 amide bonds. The maximum absolute atomic E-state index is 12.1. The minimum absolute atomic E-state index is 0.111. The zero-order valence-electron chi connectivity index (χ0n) is 14.3. The van der Waals surface area contributed by atoms with Gasteiger partial charge in [0.15, 0.2) is 5.82 Å². The van der Waals surface area contributed by atoms with Crippen LogP contribution in [-0.4, -0.2) is 37.4 Å². The van der Waals surface area contributed by atoms with E-state index in [0.717, 1.165) is 5.56 Å². The van der Waals surface area contributed by atoms with Crippen LogP contribution in [0.2, 0.25) is 0 Å². The number of ether oxygens (including phenoxy) is 2. The Morgan fingerprint density at radius 1 is 0.960 bits per heavy atom. The highest BCUT2D eigenvalue weighted by Crippen LogP contribution is 2.17. The lowest BCUT2D eigenvalue weighted by Crippen LogP contribution is -2.14. The van der Waals surface area contributed by atoms with Crippen LogP contribution in [0.5, 0.6) is 11.8 Å². The van der Waals surface area contributed by atoms with E-state index >= 15 is 0 Å². The Kier molecular flexibility index (Phi) is 7.15. The van der Waals surface area contributed by atoms with Gasteiger partial charge in [0.2, 0.25) is 11.8 Å². The molecule has 0 fully saturated rings. The number of benzene rings is 1. The Labute approximate surface area is 148 Å². The Hall–Kier alpha value is -2.19. The first-order chi connectivity index (χ1) is 12.0. The maximum atomic E-state index is 12.1. The van der Waals surface area contributed by atoms with Gasteiger partial charge in [0, 0.05) is 0 Å². The summed E-state index contributed by atoms with van der Waals surface area (Å²) in [5, 5.41) is 0. The van der Waals surface area contributed by atoms with Crippen LogP contribution in [-0.2, 0) is 27.3 Å². The Bertz CT molecular complexity index is 742. The van der Waals surface area contributed by atoms with E-state index in [-0.39, 0.29) is 18.2 Å². The summed E-state index contributed by atoms with van der Waals surface area (Å²) in [5.74, 6) is 0.723. The fourth-order valence-electron chi connectivity index (χ4n) is 2.05.